The number of thiazole rings is 1. The number of fused-ring (bicyclic) bond motifs is 3. The molecule has 0 bridgehead atoms. The van der Waals surface area contributed by atoms with Gasteiger partial charge in [0.05, 0.1) is 5.69 Å². The Balaban J connectivity index is 1.65. The Labute approximate surface area is 135 Å². The average Bonchev–Trinajstić information content (AvgIpc) is 3.12. The van der Waals surface area contributed by atoms with E-state index in [1.165, 1.54) is 21.1 Å². The van der Waals surface area contributed by atoms with Crippen LogP contribution in [0.4, 0.5) is 5.13 Å². The molecule has 0 saturated carbocycles. The summed E-state index contributed by atoms with van der Waals surface area (Å²) in [5.74, 6) is 0.707. The molecule has 0 radical (unpaired) electrons. The topological polar surface area (TPSA) is 59.8 Å². The van der Waals surface area contributed by atoms with Gasteiger partial charge in [-0.15, -0.1) is 23.1 Å². The van der Waals surface area contributed by atoms with E-state index in [2.05, 4.69) is 27.5 Å². The third-order valence-corrected chi connectivity index (χ3v) is 5.73. The second-order valence-corrected chi connectivity index (χ2v) is 6.97. The molecule has 3 heterocycles. The molecule has 4 rings (SSSR count). The van der Waals surface area contributed by atoms with Crippen LogP contribution in [0.25, 0.3) is 11.3 Å². The van der Waals surface area contributed by atoms with E-state index in [1.807, 2.05) is 23.9 Å². The van der Waals surface area contributed by atoms with Crippen molar-refractivity contribution in [3.05, 3.63) is 47.1 Å². The molecule has 0 spiro atoms. The number of anilines is 1. The largest absolute Gasteiger partial charge is 0.296 e. The van der Waals surface area contributed by atoms with E-state index >= 15 is 0 Å². The maximum atomic E-state index is 12.2. The second-order valence-electron chi connectivity index (χ2n) is 4.87. The Bertz CT molecular complexity index is 868. The third kappa shape index (κ3) is 2.22. The van der Waals surface area contributed by atoms with Gasteiger partial charge in [0, 0.05) is 34.3 Å². The highest BCUT2D eigenvalue weighted by molar-refractivity contribution is 7.98. The number of rotatable bonds is 2. The molecule has 1 N–H and O–H groups in total. The summed E-state index contributed by atoms with van der Waals surface area (Å²) < 4.78 is 1.55. The van der Waals surface area contributed by atoms with Crippen molar-refractivity contribution in [2.75, 3.05) is 5.32 Å². The number of aromatic nitrogens is 3. The van der Waals surface area contributed by atoms with E-state index in [0.29, 0.717) is 10.8 Å². The van der Waals surface area contributed by atoms with Gasteiger partial charge >= 0.3 is 0 Å². The molecular formula is C15H12N4OS2. The number of carbonyl (C=O) groups excluding carboxylic acids is 1. The lowest BCUT2D eigenvalue weighted by Gasteiger charge is -2.13. The summed E-state index contributed by atoms with van der Waals surface area (Å²) in [6, 6.07) is 9.92. The van der Waals surface area contributed by atoms with Gasteiger partial charge in [0.25, 0.3) is 5.91 Å². The highest BCUT2D eigenvalue weighted by Gasteiger charge is 2.22. The number of nitrogens with zero attached hydrogens (tertiary/aromatic N) is 3. The number of amides is 1. The fraction of sp³-hybridized carbons (Fsp3) is 0.133. The highest BCUT2D eigenvalue weighted by atomic mass is 32.2. The first kappa shape index (κ1) is 13.5. The zero-order valence-corrected chi connectivity index (χ0v) is 13.4. The van der Waals surface area contributed by atoms with Gasteiger partial charge in [0.15, 0.2) is 5.13 Å². The maximum absolute atomic E-state index is 12.2. The SMILES string of the molecule is Cn1nccc1C(=O)Nc1nc2c(s1)CSc1ccccc1-2. The first-order chi connectivity index (χ1) is 10.7. The van der Waals surface area contributed by atoms with Crippen LogP contribution < -0.4 is 5.32 Å². The third-order valence-electron chi connectivity index (χ3n) is 3.47. The minimum absolute atomic E-state index is 0.188. The van der Waals surface area contributed by atoms with Crippen molar-refractivity contribution >= 4 is 34.1 Å². The standard InChI is InChI=1S/C15H12N4OS2/c1-19-10(6-7-16-19)14(20)18-15-17-13-9-4-2-3-5-11(9)21-8-12(13)22-15/h2-7H,8H2,1H3,(H,17,18,20). The highest BCUT2D eigenvalue weighted by Crippen LogP contribution is 2.44. The van der Waals surface area contributed by atoms with Gasteiger partial charge < -0.3 is 0 Å². The van der Waals surface area contributed by atoms with Crippen LogP contribution in [-0.2, 0) is 12.8 Å². The Morgan fingerprint density at radius 2 is 2.18 bits per heavy atom. The molecule has 2 aromatic heterocycles. The summed E-state index contributed by atoms with van der Waals surface area (Å²) in [6.45, 7) is 0. The van der Waals surface area contributed by atoms with Crippen molar-refractivity contribution in [3.8, 4) is 11.3 Å². The molecule has 0 aliphatic carbocycles. The average molecular weight is 328 g/mol. The Morgan fingerprint density at radius 3 is 3.00 bits per heavy atom. The van der Waals surface area contributed by atoms with Crippen molar-refractivity contribution in [3.63, 3.8) is 0 Å². The van der Waals surface area contributed by atoms with Crippen molar-refractivity contribution < 1.29 is 4.79 Å². The van der Waals surface area contributed by atoms with Crippen molar-refractivity contribution in [2.45, 2.75) is 10.6 Å². The molecule has 1 aliphatic heterocycles. The van der Waals surface area contributed by atoms with E-state index < -0.39 is 0 Å². The normalized spacial score (nSPS) is 12.6. The van der Waals surface area contributed by atoms with Gasteiger partial charge in [-0.2, -0.15) is 5.10 Å². The molecule has 22 heavy (non-hydrogen) atoms. The van der Waals surface area contributed by atoms with E-state index in [9.17, 15) is 4.79 Å². The number of hydrogen-bond acceptors (Lipinski definition) is 5. The van der Waals surface area contributed by atoms with Crippen LogP contribution in [0.2, 0.25) is 0 Å². The number of aryl methyl sites for hydroxylation is 1. The van der Waals surface area contributed by atoms with Gasteiger partial charge in [-0.3, -0.25) is 14.8 Å². The number of benzene rings is 1. The first-order valence-corrected chi connectivity index (χ1v) is 8.54. The van der Waals surface area contributed by atoms with Crippen LogP contribution >= 0.6 is 23.1 Å². The molecule has 5 nitrogen and oxygen atoms in total. The fourth-order valence-corrected chi connectivity index (χ4v) is 4.50. The molecule has 110 valence electrons. The summed E-state index contributed by atoms with van der Waals surface area (Å²) in [5, 5.41) is 7.51. The van der Waals surface area contributed by atoms with Crippen molar-refractivity contribution in [1.29, 1.82) is 0 Å². The van der Waals surface area contributed by atoms with Crippen molar-refractivity contribution in [1.82, 2.24) is 14.8 Å². The van der Waals surface area contributed by atoms with Gasteiger partial charge in [-0.05, 0) is 12.1 Å². The van der Waals surface area contributed by atoms with E-state index in [-0.39, 0.29) is 5.91 Å². The Hall–Kier alpha value is -2.12. The van der Waals surface area contributed by atoms with Crippen LogP contribution in [0.3, 0.4) is 0 Å². The molecule has 0 atom stereocenters. The van der Waals surface area contributed by atoms with Gasteiger partial charge in [-0.1, -0.05) is 18.2 Å². The molecule has 1 aromatic carbocycles. The zero-order valence-electron chi connectivity index (χ0n) is 11.7. The number of hydrogen-bond donors (Lipinski definition) is 1. The summed E-state index contributed by atoms with van der Waals surface area (Å²) in [6.07, 6.45) is 1.61. The Kier molecular flexibility index (Phi) is 3.24. The molecule has 0 saturated heterocycles. The minimum atomic E-state index is -0.188. The monoisotopic (exact) mass is 328 g/mol. The fourth-order valence-electron chi connectivity index (χ4n) is 2.40. The number of carbonyl (C=O) groups is 1. The molecule has 1 amide bonds. The van der Waals surface area contributed by atoms with Crippen LogP contribution in [-0.4, -0.2) is 20.7 Å². The van der Waals surface area contributed by atoms with E-state index in [0.717, 1.165) is 17.0 Å². The van der Waals surface area contributed by atoms with Crippen LogP contribution in [0.5, 0.6) is 0 Å². The van der Waals surface area contributed by atoms with Crippen LogP contribution in [0, 0.1) is 0 Å². The van der Waals surface area contributed by atoms with Crippen molar-refractivity contribution in [2.24, 2.45) is 7.05 Å². The van der Waals surface area contributed by atoms with Gasteiger partial charge in [-0.25, -0.2) is 4.98 Å². The van der Waals surface area contributed by atoms with Gasteiger partial charge in [0.1, 0.15) is 5.69 Å². The number of nitrogens with one attached hydrogen (secondary N) is 1. The summed E-state index contributed by atoms with van der Waals surface area (Å²) in [7, 11) is 1.74. The molecular weight excluding hydrogens is 316 g/mol. The molecule has 3 aromatic rings. The molecule has 0 fully saturated rings. The maximum Gasteiger partial charge on any atom is 0.275 e. The summed E-state index contributed by atoms with van der Waals surface area (Å²) >= 11 is 3.34. The predicted molar refractivity (Wildman–Crippen MR) is 88.3 cm³/mol. The molecule has 7 heteroatoms. The smallest absolute Gasteiger partial charge is 0.275 e. The quantitative estimate of drug-likeness (QED) is 0.783. The number of thioether (sulfide) groups is 1. The zero-order chi connectivity index (χ0) is 15.1. The minimum Gasteiger partial charge on any atom is -0.296 e. The van der Waals surface area contributed by atoms with Crippen LogP contribution in [0.1, 0.15) is 15.4 Å². The van der Waals surface area contributed by atoms with Crippen LogP contribution in [0.15, 0.2) is 41.4 Å². The predicted octanol–water partition coefficient (Wildman–Crippen LogP) is 3.40. The first-order valence-electron chi connectivity index (χ1n) is 6.73. The lowest BCUT2D eigenvalue weighted by atomic mass is 10.1. The summed E-state index contributed by atoms with van der Waals surface area (Å²) in [4.78, 5) is 19.3. The lowest BCUT2D eigenvalue weighted by Crippen LogP contribution is -2.15. The lowest BCUT2D eigenvalue weighted by molar-refractivity contribution is 0.101. The van der Waals surface area contributed by atoms with E-state index in [4.69, 9.17) is 0 Å². The second kappa shape index (κ2) is 5.26. The Morgan fingerprint density at radius 1 is 1.32 bits per heavy atom. The summed E-state index contributed by atoms with van der Waals surface area (Å²) in [5.41, 5.74) is 2.65. The van der Waals surface area contributed by atoms with Gasteiger partial charge in [0.2, 0.25) is 0 Å². The molecule has 1 aliphatic rings. The molecule has 0 unspecified atom stereocenters. The van der Waals surface area contributed by atoms with E-state index in [1.54, 1.807) is 24.0 Å².